The van der Waals surface area contributed by atoms with Crippen LogP contribution in [0, 0.1) is 0 Å². The molecule has 0 aromatic heterocycles. The van der Waals surface area contributed by atoms with Gasteiger partial charge in [-0.05, 0) is 78.4 Å². The van der Waals surface area contributed by atoms with Crippen LogP contribution in [0.25, 0.3) is 0 Å². The van der Waals surface area contributed by atoms with Gasteiger partial charge in [0.15, 0.2) is 12.2 Å². The van der Waals surface area contributed by atoms with E-state index in [4.69, 9.17) is 47.4 Å². The Labute approximate surface area is 364 Å². The monoisotopic (exact) mass is 876 g/mol. The maximum absolute atomic E-state index is 12.4. The Morgan fingerprint density at radius 3 is 1.23 bits per heavy atom. The molecule has 0 fully saturated rings. The number of nitrogens with one attached hydrogen (secondary N) is 2. The molecule has 62 heavy (non-hydrogen) atoms. The van der Waals surface area contributed by atoms with Gasteiger partial charge in [-0.25, -0.2) is 28.8 Å². The Morgan fingerprint density at radius 2 is 0.855 bits per heavy atom. The third kappa shape index (κ3) is 27.8. The van der Waals surface area contributed by atoms with Crippen LogP contribution >= 0.6 is 0 Å². The van der Waals surface area contributed by atoms with E-state index >= 15 is 0 Å². The van der Waals surface area contributed by atoms with Crippen LogP contribution in [0.15, 0.2) is 72.9 Å². The van der Waals surface area contributed by atoms with Crippen molar-refractivity contribution in [2.45, 2.75) is 78.4 Å². The van der Waals surface area contributed by atoms with E-state index in [9.17, 15) is 28.8 Å². The van der Waals surface area contributed by atoms with Crippen molar-refractivity contribution in [3.63, 3.8) is 0 Å². The van der Waals surface area contributed by atoms with Crippen LogP contribution in [0.1, 0.15) is 66.2 Å². The molecule has 0 saturated heterocycles. The molecule has 346 valence electrons. The van der Waals surface area contributed by atoms with Crippen molar-refractivity contribution in [3.8, 4) is 11.5 Å². The largest absolute Gasteiger partial charge is 0.491 e. The molecule has 2 N–H and O–H groups in total. The van der Waals surface area contributed by atoms with Crippen molar-refractivity contribution in [1.29, 1.82) is 0 Å². The van der Waals surface area contributed by atoms with Crippen LogP contribution in [0.3, 0.4) is 0 Å². The van der Waals surface area contributed by atoms with Gasteiger partial charge in [-0.15, -0.1) is 0 Å². The number of alkyl carbamates (subject to hydrolysis) is 2. The molecule has 0 aliphatic rings. The Hall–Kier alpha value is -5.88. The fourth-order valence-corrected chi connectivity index (χ4v) is 4.49. The van der Waals surface area contributed by atoms with Gasteiger partial charge in [-0.1, -0.05) is 32.4 Å². The van der Waals surface area contributed by atoms with E-state index in [2.05, 4.69) is 36.9 Å². The molecular formula is C44H64N2O16. The molecule has 0 spiro atoms. The highest BCUT2D eigenvalue weighted by Gasteiger charge is 2.19. The number of unbranched alkanes of at least 4 members (excludes halogenated alkanes) is 4. The summed E-state index contributed by atoms with van der Waals surface area (Å²) < 4.78 is 54.1. The molecule has 0 saturated carbocycles. The van der Waals surface area contributed by atoms with E-state index in [0.29, 0.717) is 74.3 Å². The lowest BCUT2D eigenvalue weighted by Crippen LogP contribution is -2.35. The zero-order chi connectivity index (χ0) is 46.1. The van der Waals surface area contributed by atoms with Gasteiger partial charge in [0.1, 0.15) is 37.9 Å². The molecule has 0 aliphatic carbocycles. The highest BCUT2D eigenvalue weighted by Crippen LogP contribution is 2.19. The molecule has 0 aliphatic heterocycles. The number of hydrogen-bond acceptors (Lipinski definition) is 16. The normalized spacial score (nSPS) is 11.4. The maximum Gasteiger partial charge on any atom is 0.407 e. The van der Waals surface area contributed by atoms with Crippen molar-refractivity contribution < 1.29 is 76.1 Å². The topological polar surface area (TPSA) is 219 Å². The molecule has 0 heterocycles. The number of rotatable bonds is 34. The number of carbonyl (C=O) groups excluding carboxylic acids is 6. The maximum atomic E-state index is 12.4. The second-order valence-electron chi connectivity index (χ2n) is 13.9. The SMILES string of the molecule is C=C(C)C(=O)OCCCCCNC(=O)OC(COCCOc1cccc(OCCOCC(COC(=O)C(=C)C)OC(=O)NCCCCCOC(=O)C(=C)C)c1)COC(=O)C(=C)C. The molecule has 0 radical (unpaired) electrons. The van der Waals surface area contributed by atoms with E-state index in [1.54, 1.807) is 38.1 Å². The molecule has 0 bridgehead atoms. The zero-order valence-corrected chi connectivity index (χ0v) is 36.6. The van der Waals surface area contributed by atoms with E-state index in [0.717, 1.165) is 0 Å². The van der Waals surface area contributed by atoms with Crippen molar-refractivity contribution in [1.82, 2.24) is 10.6 Å². The van der Waals surface area contributed by atoms with E-state index in [1.165, 1.54) is 13.8 Å². The van der Waals surface area contributed by atoms with Crippen LogP contribution in [-0.4, -0.2) is 127 Å². The lowest BCUT2D eigenvalue weighted by atomic mass is 10.2. The smallest absolute Gasteiger partial charge is 0.407 e. The lowest BCUT2D eigenvalue weighted by molar-refractivity contribution is -0.144. The summed E-state index contributed by atoms with van der Waals surface area (Å²) in [6, 6.07) is 6.86. The predicted octanol–water partition coefficient (Wildman–Crippen LogP) is 5.48. The number of benzene rings is 1. The number of amides is 2. The Morgan fingerprint density at radius 1 is 0.484 bits per heavy atom. The fourth-order valence-electron chi connectivity index (χ4n) is 4.49. The summed E-state index contributed by atoms with van der Waals surface area (Å²) in [5.41, 5.74) is 1.04. The molecule has 1 aromatic carbocycles. The first-order valence-electron chi connectivity index (χ1n) is 20.3. The van der Waals surface area contributed by atoms with Crippen LogP contribution < -0.4 is 20.1 Å². The first-order valence-corrected chi connectivity index (χ1v) is 20.3. The van der Waals surface area contributed by atoms with Crippen molar-refractivity contribution in [3.05, 3.63) is 72.9 Å². The molecule has 2 amide bonds. The van der Waals surface area contributed by atoms with Crippen LogP contribution in [0.2, 0.25) is 0 Å². The standard InChI is InChI=1S/C44H64N2O16/c1-31(2)39(47)57-20-13-9-11-18-45-43(51)61-37(29-59-41(49)33(5)6)27-53-22-24-55-35-16-15-17-36(26-35)56-25-23-54-28-38(30-60-42(50)34(7)8)62-44(52)46-19-12-10-14-21-58-40(48)32(3)4/h15-17,26,37-38H,1,3,5,7,9-14,18-25,27-30H2,2,4,6,8H3,(H,45,51)(H,46,52). The first kappa shape index (κ1) is 54.1. The van der Waals surface area contributed by atoms with Gasteiger partial charge in [-0.2, -0.15) is 0 Å². The minimum atomic E-state index is -0.905. The Bertz CT molecular complexity index is 1510. The summed E-state index contributed by atoms with van der Waals surface area (Å²) in [4.78, 5) is 71.6. The summed E-state index contributed by atoms with van der Waals surface area (Å²) in [5.74, 6) is -1.16. The number of ether oxygens (including phenoxy) is 10. The van der Waals surface area contributed by atoms with Gasteiger partial charge in [0.25, 0.3) is 0 Å². The summed E-state index contributed by atoms with van der Waals surface area (Å²) in [5, 5.41) is 5.28. The Kier molecular flexibility index (Phi) is 28.7. The van der Waals surface area contributed by atoms with Gasteiger partial charge in [0.05, 0.1) is 39.6 Å². The minimum absolute atomic E-state index is 0.0812. The van der Waals surface area contributed by atoms with Gasteiger partial charge < -0.3 is 58.0 Å². The summed E-state index contributed by atoms with van der Waals surface area (Å²) in [7, 11) is 0. The first-order chi connectivity index (χ1) is 29.6. The molecule has 2 atom stereocenters. The molecule has 18 nitrogen and oxygen atoms in total. The van der Waals surface area contributed by atoms with Gasteiger partial charge >= 0.3 is 36.1 Å². The summed E-state index contributed by atoms with van der Waals surface area (Å²) in [6.45, 7) is 21.3. The van der Waals surface area contributed by atoms with Gasteiger partial charge in [0.2, 0.25) is 0 Å². The quantitative estimate of drug-likeness (QED) is 0.0379. The zero-order valence-electron chi connectivity index (χ0n) is 36.6. The average Bonchev–Trinajstić information content (AvgIpc) is 3.22. The molecule has 2 unspecified atom stereocenters. The lowest BCUT2D eigenvalue weighted by Gasteiger charge is -2.19. The number of hydrogen-bond donors (Lipinski definition) is 2. The van der Waals surface area contributed by atoms with Crippen molar-refractivity contribution >= 4 is 36.1 Å². The number of esters is 4. The molecule has 18 heteroatoms. The second kappa shape index (κ2) is 32.8. The molecule has 1 aromatic rings. The highest BCUT2D eigenvalue weighted by atomic mass is 16.6. The van der Waals surface area contributed by atoms with Crippen molar-refractivity contribution in [2.24, 2.45) is 0 Å². The van der Waals surface area contributed by atoms with Crippen LogP contribution in [0.5, 0.6) is 11.5 Å². The van der Waals surface area contributed by atoms with Crippen LogP contribution in [-0.2, 0) is 57.1 Å². The van der Waals surface area contributed by atoms with E-state index < -0.39 is 48.3 Å². The Balaban J connectivity index is 2.47. The van der Waals surface area contributed by atoms with Crippen molar-refractivity contribution in [2.75, 3.05) is 79.2 Å². The molecule has 1 rings (SSSR count). The third-order valence-corrected chi connectivity index (χ3v) is 7.79. The van der Waals surface area contributed by atoms with E-state index in [-0.39, 0.29) is 77.2 Å². The predicted molar refractivity (Wildman–Crippen MR) is 226 cm³/mol. The van der Waals surface area contributed by atoms with Crippen LogP contribution in [0.4, 0.5) is 9.59 Å². The fraction of sp³-hybridized carbons (Fsp3) is 0.545. The van der Waals surface area contributed by atoms with Gasteiger partial charge in [0, 0.05) is 41.4 Å². The second-order valence-corrected chi connectivity index (χ2v) is 13.9. The average molecular weight is 877 g/mol. The van der Waals surface area contributed by atoms with E-state index in [1.807, 2.05) is 0 Å². The van der Waals surface area contributed by atoms with Gasteiger partial charge in [-0.3, -0.25) is 0 Å². The number of carbonyl (C=O) groups is 6. The minimum Gasteiger partial charge on any atom is -0.491 e. The summed E-state index contributed by atoms with van der Waals surface area (Å²) in [6.07, 6.45) is 0.682. The highest BCUT2D eigenvalue weighted by molar-refractivity contribution is 5.88. The molecular weight excluding hydrogens is 812 g/mol. The third-order valence-electron chi connectivity index (χ3n) is 7.79. The summed E-state index contributed by atoms with van der Waals surface area (Å²) >= 11 is 0.